The van der Waals surface area contributed by atoms with Crippen molar-refractivity contribution < 1.29 is 9.59 Å². The highest BCUT2D eigenvalue weighted by molar-refractivity contribution is 6.38. The molecule has 3 nitrogen and oxygen atoms in total. The number of Topliss-reactive ketones (excluding diaryl/α,β-unsaturated/α-hetero) is 1. The lowest BCUT2D eigenvalue weighted by Crippen LogP contribution is -2.17. The van der Waals surface area contributed by atoms with E-state index in [4.69, 9.17) is 0 Å². The summed E-state index contributed by atoms with van der Waals surface area (Å²) in [4.78, 5) is 27.0. The molecule has 110 valence electrons. The minimum atomic E-state index is -0.110. The molecule has 0 saturated carbocycles. The molecule has 0 aliphatic heterocycles. The van der Waals surface area contributed by atoms with Crippen LogP contribution in [0.4, 0.5) is 5.69 Å². The number of hydrogen-bond acceptors (Lipinski definition) is 3. The number of nitrogens with zero attached hydrogens (tertiary/aromatic N) is 1. The van der Waals surface area contributed by atoms with Crippen molar-refractivity contribution in [3.05, 3.63) is 70.8 Å². The second-order valence-corrected chi connectivity index (χ2v) is 5.69. The van der Waals surface area contributed by atoms with Gasteiger partial charge in [-0.05, 0) is 36.3 Å². The molecule has 22 heavy (non-hydrogen) atoms. The molecule has 0 saturated heterocycles. The van der Waals surface area contributed by atoms with Crippen molar-refractivity contribution in [2.75, 3.05) is 19.0 Å². The Bertz CT molecular complexity index is 816. The summed E-state index contributed by atoms with van der Waals surface area (Å²) in [7, 11) is 3.94. The number of aryl methyl sites for hydroxylation is 1. The Morgan fingerprint density at radius 2 is 1.55 bits per heavy atom. The number of ketones is 2. The number of fused-ring (bicyclic) bond motifs is 1. The van der Waals surface area contributed by atoms with E-state index in [-0.39, 0.29) is 11.6 Å². The summed E-state index contributed by atoms with van der Waals surface area (Å²) in [6.07, 6.45) is 1.46. The highest BCUT2D eigenvalue weighted by Gasteiger charge is 2.26. The van der Waals surface area contributed by atoms with E-state index in [2.05, 4.69) is 0 Å². The zero-order valence-electron chi connectivity index (χ0n) is 12.9. The van der Waals surface area contributed by atoms with E-state index in [1.807, 2.05) is 44.1 Å². The maximum Gasteiger partial charge on any atom is 0.194 e. The molecule has 3 heteroatoms. The first-order valence-electron chi connectivity index (χ1n) is 7.17. The molecule has 1 aliphatic carbocycles. The number of carbonyl (C=O) groups excluding carboxylic acids is 2. The van der Waals surface area contributed by atoms with Crippen molar-refractivity contribution in [2.24, 2.45) is 0 Å². The summed E-state index contributed by atoms with van der Waals surface area (Å²) in [6, 6.07) is 12.9. The van der Waals surface area contributed by atoms with Crippen LogP contribution in [0.2, 0.25) is 0 Å². The summed E-state index contributed by atoms with van der Waals surface area (Å²) < 4.78 is 0. The maximum atomic E-state index is 12.7. The van der Waals surface area contributed by atoms with E-state index in [1.165, 1.54) is 6.08 Å². The van der Waals surface area contributed by atoms with Gasteiger partial charge in [0.05, 0.1) is 0 Å². The fourth-order valence-corrected chi connectivity index (χ4v) is 2.74. The predicted octanol–water partition coefficient (Wildman–Crippen LogP) is 3.52. The Kier molecular flexibility index (Phi) is 3.41. The largest absolute Gasteiger partial charge is 0.378 e. The van der Waals surface area contributed by atoms with E-state index < -0.39 is 0 Å². The summed E-state index contributed by atoms with van der Waals surface area (Å²) in [5, 5.41) is 0. The second-order valence-electron chi connectivity index (χ2n) is 5.69. The lowest BCUT2D eigenvalue weighted by atomic mass is 9.85. The summed E-state index contributed by atoms with van der Waals surface area (Å²) in [5.41, 5.74) is 4.32. The number of anilines is 1. The molecular weight excluding hydrogens is 274 g/mol. The number of rotatable bonds is 2. The van der Waals surface area contributed by atoms with Gasteiger partial charge in [-0.25, -0.2) is 0 Å². The molecule has 2 aromatic rings. The Morgan fingerprint density at radius 3 is 2.18 bits per heavy atom. The lowest BCUT2D eigenvalue weighted by molar-refractivity contribution is 0.100. The molecule has 0 atom stereocenters. The molecule has 0 unspecified atom stereocenters. The van der Waals surface area contributed by atoms with Crippen molar-refractivity contribution >= 4 is 22.8 Å². The normalized spacial score (nSPS) is 13.7. The third-order valence-electron chi connectivity index (χ3n) is 3.97. The highest BCUT2D eigenvalue weighted by atomic mass is 16.1. The molecule has 0 amide bonds. The number of carbonyl (C=O) groups is 2. The fraction of sp³-hybridized carbons (Fsp3) is 0.158. The third-order valence-corrected chi connectivity index (χ3v) is 3.97. The van der Waals surface area contributed by atoms with Crippen molar-refractivity contribution in [1.82, 2.24) is 0 Å². The zero-order chi connectivity index (χ0) is 15.9. The van der Waals surface area contributed by atoms with E-state index >= 15 is 0 Å². The molecule has 0 heterocycles. The van der Waals surface area contributed by atoms with Crippen LogP contribution in [-0.4, -0.2) is 25.7 Å². The molecular formula is C19H17NO2. The monoisotopic (exact) mass is 291 g/mol. The predicted molar refractivity (Wildman–Crippen MR) is 88.6 cm³/mol. The van der Waals surface area contributed by atoms with Gasteiger partial charge in [-0.15, -0.1) is 0 Å². The SMILES string of the molecule is Cc1cc(N(C)C)ccc1C1=CC(=O)c2ccccc2C1=O. The van der Waals surface area contributed by atoms with Crippen molar-refractivity contribution in [1.29, 1.82) is 0 Å². The molecule has 1 aliphatic rings. The van der Waals surface area contributed by atoms with Crippen molar-refractivity contribution in [2.45, 2.75) is 6.92 Å². The molecule has 0 radical (unpaired) electrons. The van der Waals surface area contributed by atoms with Crippen LogP contribution >= 0.6 is 0 Å². The van der Waals surface area contributed by atoms with Gasteiger partial charge in [0, 0.05) is 36.5 Å². The minimum absolute atomic E-state index is 0.0871. The Labute approximate surface area is 129 Å². The molecule has 3 rings (SSSR count). The summed E-state index contributed by atoms with van der Waals surface area (Å²) in [6.45, 7) is 1.96. The quantitative estimate of drug-likeness (QED) is 0.849. The fourth-order valence-electron chi connectivity index (χ4n) is 2.74. The first kappa shape index (κ1) is 14.3. The van der Waals surface area contributed by atoms with E-state index in [0.29, 0.717) is 16.7 Å². The summed E-state index contributed by atoms with van der Waals surface area (Å²) in [5.74, 6) is -0.197. The highest BCUT2D eigenvalue weighted by Crippen LogP contribution is 2.30. The zero-order valence-corrected chi connectivity index (χ0v) is 12.9. The van der Waals surface area contributed by atoms with Gasteiger partial charge < -0.3 is 4.90 Å². The molecule has 2 aromatic carbocycles. The molecule has 0 bridgehead atoms. The van der Waals surface area contributed by atoms with E-state index in [9.17, 15) is 9.59 Å². The molecule has 0 spiro atoms. The van der Waals surface area contributed by atoms with Crippen LogP contribution in [0, 0.1) is 6.92 Å². The topological polar surface area (TPSA) is 37.4 Å². The first-order chi connectivity index (χ1) is 10.5. The van der Waals surface area contributed by atoms with Crippen LogP contribution in [0.15, 0.2) is 48.5 Å². The standard InChI is InChI=1S/C19H17NO2/c1-12-10-13(20(2)3)8-9-14(12)17-11-18(21)15-6-4-5-7-16(15)19(17)22/h4-11H,1-3H3. The average molecular weight is 291 g/mol. The van der Waals surface area contributed by atoms with Gasteiger partial charge in [-0.1, -0.05) is 30.3 Å². The Morgan fingerprint density at radius 1 is 0.864 bits per heavy atom. The van der Waals surface area contributed by atoms with Gasteiger partial charge >= 0.3 is 0 Å². The first-order valence-corrected chi connectivity index (χ1v) is 7.17. The smallest absolute Gasteiger partial charge is 0.194 e. The molecule has 0 aromatic heterocycles. The third kappa shape index (κ3) is 2.25. The van der Waals surface area contributed by atoms with Crippen LogP contribution in [0.5, 0.6) is 0 Å². The maximum absolute atomic E-state index is 12.7. The number of benzene rings is 2. The molecule has 0 N–H and O–H groups in total. The van der Waals surface area contributed by atoms with Gasteiger partial charge in [0.1, 0.15) is 0 Å². The number of hydrogen-bond donors (Lipinski definition) is 0. The lowest BCUT2D eigenvalue weighted by Gasteiger charge is -2.19. The van der Waals surface area contributed by atoms with Gasteiger partial charge in [-0.3, -0.25) is 9.59 Å². The van der Waals surface area contributed by atoms with Crippen LogP contribution in [0.25, 0.3) is 5.57 Å². The van der Waals surface area contributed by atoms with Crippen molar-refractivity contribution in [3.63, 3.8) is 0 Å². The van der Waals surface area contributed by atoms with Gasteiger partial charge in [0.25, 0.3) is 0 Å². The van der Waals surface area contributed by atoms with Gasteiger partial charge in [-0.2, -0.15) is 0 Å². The average Bonchev–Trinajstić information content (AvgIpc) is 2.51. The van der Waals surface area contributed by atoms with Crippen LogP contribution in [0.3, 0.4) is 0 Å². The number of allylic oxidation sites excluding steroid dienone is 2. The Hall–Kier alpha value is -2.68. The van der Waals surface area contributed by atoms with Crippen LogP contribution in [0.1, 0.15) is 31.8 Å². The Balaban J connectivity index is 2.11. The van der Waals surface area contributed by atoms with Gasteiger partial charge in [0.2, 0.25) is 0 Å². The minimum Gasteiger partial charge on any atom is -0.378 e. The van der Waals surface area contributed by atoms with Crippen LogP contribution < -0.4 is 4.90 Å². The van der Waals surface area contributed by atoms with Crippen molar-refractivity contribution in [3.8, 4) is 0 Å². The van der Waals surface area contributed by atoms with Crippen LogP contribution in [-0.2, 0) is 0 Å². The molecule has 0 fully saturated rings. The van der Waals surface area contributed by atoms with Gasteiger partial charge in [0.15, 0.2) is 11.6 Å². The second kappa shape index (κ2) is 5.26. The van der Waals surface area contributed by atoms with E-state index in [1.54, 1.807) is 24.3 Å². The summed E-state index contributed by atoms with van der Waals surface area (Å²) >= 11 is 0. The van der Waals surface area contributed by atoms with E-state index in [0.717, 1.165) is 16.8 Å².